The number of carbonyl (C=O) groups excluding carboxylic acids is 1. The second kappa shape index (κ2) is 5.01. The van der Waals surface area contributed by atoms with Crippen molar-refractivity contribution in [3.63, 3.8) is 0 Å². The minimum atomic E-state index is 0.0438. The van der Waals surface area contributed by atoms with Gasteiger partial charge < -0.3 is 5.32 Å². The summed E-state index contributed by atoms with van der Waals surface area (Å²) in [7, 11) is 0. The van der Waals surface area contributed by atoms with E-state index in [2.05, 4.69) is 5.32 Å². The highest BCUT2D eigenvalue weighted by atomic mass is 35.5. The smallest absolute Gasteiger partial charge is 0.224 e. The van der Waals surface area contributed by atoms with Crippen LogP contribution in [0.3, 0.4) is 0 Å². The van der Waals surface area contributed by atoms with Crippen molar-refractivity contribution in [2.24, 2.45) is 5.92 Å². The van der Waals surface area contributed by atoms with Gasteiger partial charge in [-0.15, -0.1) is 0 Å². The molecule has 1 rings (SSSR count). The van der Waals surface area contributed by atoms with Crippen molar-refractivity contribution in [3.8, 4) is 0 Å². The molecule has 14 heavy (non-hydrogen) atoms. The Hall–Kier alpha value is -1.02. The van der Waals surface area contributed by atoms with Gasteiger partial charge in [0.05, 0.1) is 0 Å². The van der Waals surface area contributed by atoms with Gasteiger partial charge in [0.15, 0.2) is 0 Å². The topological polar surface area (TPSA) is 29.1 Å². The Balaban J connectivity index is 2.52. The minimum absolute atomic E-state index is 0.0438. The number of benzene rings is 1. The Kier molecular flexibility index (Phi) is 3.96. The van der Waals surface area contributed by atoms with Gasteiger partial charge in [-0.3, -0.25) is 4.79 Å². The van der Waals surface area contributed by atoms with Crippen molar-refractivity contribution in [3.05, 3.63) is 29.3 Å². The molecule has 1 amide bonds. The molecule has 1 aromatic carbocycles. The lowest BCUT2D eigenvalue weighted by Crippen LogP contribution is -2.13. The third-order valence-electron chi connectivity index (χ3n) is 1.72. The molecule has 0 bridgehead atoms. The Morgan fingerprint density at radius 3 is 2.43 bits per heavy atom. The second-order valence-electron chi connectivity index (χ2n) is 3.65. The van der Waals surface area contributed by atoms with E-state index in [9.17, 15) is 4.79 Å². The molecule has 0 aromatic heterocycles. The van der Waals surface area contributed by atoms with Gasteiger partial charge in [0.25, 0.3) is 0 Å². The van der Waals surface area contributed by atoms with Gasteiger partial charge in [-0.05, 0) is 30.2 Å². The summed E-state index contributed by atoms with van der Waals surface area (Å²) < 4.78 is 0. The summed E-state index contributed by atoms with van der Waals surface area (Å²) in [5.74, 6) is 0.421. The van der Waals surface area contributed by atoms with Crippen LogP contribution >= 0.6 is 11.6 Å². The molecule has 0 aliphatic heterocycles. The van der Waals surface area contributed by atoms with Crippen molar-refractivity contribution in [2.75, 3.05) is 5.32 Å². The lowest BCUT2D eigenvalue weighted by atomic mass is 10.1. The predicted octanol–water partition coefficient (Wildman–Crippen LogP) is 3.32. The Morgan fingerprint density at radius 2 is 1.93 bits per heavy atom. The molecule has 0 fully saturated rings. The fraction of sp³-hybridized carbons (Fsp3) is 0.364. The SMILES string of the molecule is CC(C)CC(=O)Nc1ccc(Cl)cc1. The van der Waals surface area contributed by atoms with Crippen LogP contribution in [0.25, 0.3) is 0 Å². The van der Waals surface area contributed by atoms with Crippen molar-refractivity contribution in [1.82, 2.24) is 0 Å². The molecule has 0 unspecified atom stereocenters. The number of rotatable bonds is 3. The lowest BCUT2D eigenvalue weighted by molar-refractivity contribution is -0.116. The first kappa shape index (κ1) is 11.1. The molecule has 3 heteroatoms. The first-order valence-corrected chi connectivity index (χ1v) is 5.01. The van der Waals surface area contributed by atoms with Crippen LogP contribution in [0.15, 0.2) is 24.3 Å². The number of carbonyl (C=O) groups is 1. The van der Waals surface area contributed by atoms with E-state index in [-0.39, 0.29) is 5.91 Å². The number of anilines is 1. The van der Waals surface area contributed by atoms with Crippen molar-refractivity contribution >= 4 is 23.2 Å². The van der Waals surface area contributed by atoms with E-state index in [1.54, 1.807) is 24.3 Å². The Morgan fingerprint density at radius 1 is 1.36 bits per heavy atom. The van der Waals surface area contributed by atoms with E-state index in [1.807, 2.05) is 13.8 Å². The summed E-state index contributed by atoms with van der Waals surface area (Å²) >= 11 is 5.72. The zero-order valence-corrected chi connectivity index (χ0v) is 9.14. The summed E-state index contributed by atoms with van der Waals surface area (Å²) in [6.07, 6.45) is 0.544. The summed E-state index contributed by atoms with van der Waals surface area (Å²) in [4.78, 5) is 11.4. The average molecular weight is 212 g/mol. The molecular formula is C11H14ClNO. The van der Waals surface area contributed by atoms with E-state index in [0.29, 0.717) is 17.4 Å². The number of hydrogen-bond donors (Lipinski definition) is 1. The molecule has 0 heterocycles. The van der Waals surface area contributed by atoms with Crippen LogP contribution in [0.1, 0.15) is 20.3 Å². The molecule has 2 nitrogen and oxygen atoms in total. The summed E-state index contributed by atoms with van der Waals surface area (Å²) in [6, 6.07) is 7.10. The largest absolute Gasteiger partial charge is 0.326 e. The van der Waals surface area contributed by atoms with Gasteiger partial charge in [-0.1, -0.05) is 25.4 Å². The number of hydrogen-bond acceptors (Lipinski definition) is 1. The molecule has 0 saturated heterocycles. The van der Waals surface area contributed by atoms with Gasteiger partial charge in [-0.25, -0.2) is 0 Å². The molecule has 0 radical (unpaired) electrons. The van der Waals surface area contributed by atoms with Crippen LogP contribution in [-0.4, -0.2) is 5.91 Å². The molecule has 1 aromatic rings. The molecule has 0 aliphatic rings. The molecule has 0 saturated carbocycles. The number of nitrogens with one attached hydrogen (secondary N) is 1. The summed E-state index contributed by atoms with van der Waals surface area (Å²) in [5.41, 5.74) is 0.792. The molecule has 0 spiro atoms. The highest BCUT2D eigenvalue weighted by molar-refractivity contribution is 6.30. The summed E-state index contributed by atoms with van der Waals surface area (Å²) in [5, 5.41) is 3.48. The van der Waals surface area contributed by atoms with E-state index in [4.69, 9.17) is 11.6 Å². The zero-order valence-electron chi connectivity index (χ0n) is 8.38. The highest BCUT2D eigenvalue weighted by Gasteiger charge is 2.04. The predicted molar refractivity (Wildman–Crippen MR) is 59.5 cm³/mol. The lowest BCUT2D eigenvalue weighted by Gasteiger charge is -2.06. The molecule has 1 N–H and O–H groups in total. The Bertz CT molecular complexity index is 306. The van der Waals surface area contributed by atoms with Crippen molar-refractivity contribution in [1.29, 1.82) is 0 Å². The average Bonchev–Trinajstić information content (AvgIpc) is 2.07. The van der Waals surface area contributed by atoms with Crippen LogP contribution in [-0.2, 0) is 4.79 Å². The third kappa shape index (κ3) is 3.79. The second-order valence-corrected chi connectivity index (χ2v) is 4.09. The van der Waals surface area contributed by atoms with Gasteiger partial charge in [0.2, 0.25) is 5.91 Å². The zero-order chi connectivity index (χ0) is 10.6. The van der Waals surface area contributed by atoms with Crippen LogP contribution in [0.4, 0.5) is 5.69 Å². The van der Waals surface area contributed by atoms with E-state index < -0.39 is 0 Å². The van der Waals surface area contributed by atoms with Crippen LogP contribution in [0.5, 0.6) is 0 Å². The van der Waals surface area contributed by atoms with E-state index in [1.165, 1.54) is 0 Å². The van der Waals surface area contributed by atoms with Crippen molar-refractivity contribution < 1.29 is 4.79 Å². The maximum absolute atomic E-state index is 11.4. The van der Waals surface area contributed by atoms with Gasteiger partial charge in [-0.2, -0.15) is 0 Å². The quantitative estimate of drug-likeness (QED) is 0.817. The Labute approximate surface area is 89.3 Å². The highest BCUT2D eigenvalue weighted by Crippen LogP contribution is 2.14. The van der Waals surface area contributed by atoms with Crippen LogP contribution in [0.2, 0.25) is 5.02 Å². The van der Waals surface area contributed by atoms with Crippen molar-refractivity contribution in [2.45, 2.75) is 20.3 Å². The summed E-state index contributed by atoms with van der Waals surface area (Å²) in [6.45, 7) is 4.03. The standard InChI is InChI=1S/C11H14ClNO/c1-8(2)7-11(14)13-10-5-3-9(12)4-6-10/h3-6,8H,7H2,1-2H3,(H,13,14). The minimum Gasteiger partial charge on any atom is -0.326 e. The van der Waals surface area contributed by atoms with E-state index in [0.717, 1.165) is 5.69 Å². The molecular weight excluding hydrogens is 198 g/mol. The molecule has 76 valence electrons. The number of halogens is 1. The van der Waals surface area contributed by atoms with E-state index >= 15 is 0 Å². The normalized spacial score (nSPS) is 10.3. The third-order valence-corrected chi connectivity index (χ3v) is 1.97. The fourth-order valence-corrected chi connectivity index (χ4v) is 1.24. The molecule has 0 atom stereocenters. The van der Waals surface area contributed by atoms with Crippen LogP contribution in [0, 0.1) is 5.92 Å². The first-order valence-electron chi connectivity index (χ1n) is 4.63. The van der Waals surface area contributed by atoms with Gasteiger partial charge >= 0.3 is 0 Å². The van der Waals surface area contributed by atoms with Gasteiger partial charge in [0, 0.05) is 17.1 Å². The molecule has 0 aliphatic carbocycles. The monoisotopic (exact) mass is 211 g/mol. The van der Waals surface area contributed by atoms with Gasteiger partial charge in [0.1, 0.15) is 0 Å². The fourth-order valence-electron chi connectivity index (χ4n) is 1.12. The van der Waals surface area contributed by atoms with Crippen LogP contribution < -0.4 is 5.32 Å². The maximum atomic E-state index is 11.4. The maximum Gasteiger partial charge on any atom is 0.224 e. The first-order chi connectivity index (χ1) is 6.58. The number of amides is 1.